The van der Waals surface area contributed by atoms with Gasteiger partial charge in [-0.3, -0.25) is 4.90 Å². The lowest BCUT2D eigenvalue weighted by atomic mass is 9.92. The van der Waals surface area contributed by atoms with Gasteiger partial charge in [0.05, 0.1) is 7.11 Å². The zero-order chi connectivity index (χ0) is 15.6. The minimum Gasteiger partial charge on any atom is -0.496 e. The van der Waals surface area contributed by atoms with Crippen molar-refractivity contribution in [3.8, 4) is 5.75 Å². The van der Waals surface area contributed by atoms with E-state index in [0.29, 0.717) is 12.1 Å². The molecule has 2 aliphatic rings. The lowest BCUT2D eigenvalue weighted by Gasteiger charge is -2.40. The van der Waals surface area contributed by atoms with Crippen molar-refractivity contribution in [2.45, 2.75) is 44.2 Å². The number of ether oxygens (including phenoxy) is 1. The molecule has 0 spiro atoms. The van der Waals surface area contributed by atoms with Crippen LogP contribution < -0.4 is 4.74 Å². The molecule has 0 bridgehead atoms. The smallest absolute Gasteiger partial charge is 0.123 e. The molecular weight excluding hydrogens is 282 g/mol. The Morgan fingerprint density at radius 1 is 0.913 bits per heavy atom. The van der Waals surface area contributed by atoms with E-state index in [2.05, 4.69) is 53.4 Å². The third-order valence-corrected chi connectivity index (χ3v) is 5.54. The van der Waals surface area contributed by atoms with E-state index in [-0.39, 0.29) is 0 Å². The Bertz CT molecular complexity index is 656. The van der Waals surface area contributed by atoms with Crippen molar-refractivity contribution in [3.05, 3.63) is 65.2 Å². The first-order chi connectivity index (χ1) is 11.4. The highest BCUT2D eigenvalue weighted by atomic mass is 16.5. The van der Waals surface area contributed by atoms with Gasteiger partial charge in [-0.05, 0) is 49.4 Å². The molecule has 0 saturated carbocycles. The van der Waals surface area contributed by atoms with Crippen molar-refractivity contribution < 1.29 is 4.74 Å². The minimum absolute atomic E-state index is 0.499. The molecule has 1 aliphatic heterocycles. The predicted octanol–water partition coefficient (Wildman–Crippen LogP) is 4.39. The molecule has 1 unspecified atom stereocenters. The quantitative estimate of drug-likeness (QED) is 0.834. The van der Waals surface area contributed by atoms with Crippen molar-refractivity contribution in [2.75, 3.05) is 13.7 Å². The van der Waals surface area contributed by atoms with Crippen LogP contribution in [0.5, 0.6) is 5.75 Å². The number of para-hydroxylation sites is 1. The number of hydrogen-bond donors (Lipinski definition) is 0. The molecule has 1 fully saturated rings. The van der Waals surface area contributed by atoms with Crippen LogP contribution in [-0.4, -0.2) is 24.6 Å². The zero-order valence-corrected chi connectivity index (χ0v) is 13.9. The van der Waals surface area contributed by atoms with E-state index in [0.717, 1.165) is 5.75 Å². The van der Waals surface area contributed by atoms with E-state index in [1.54, 1.807) is 18.2 Å². The molecule has 120 valence electrons. The molecule has 0 amide bonds. The molecule has 2 heteroatoms. The topological polar surface area (TPSA) is 12.5 Å². The van der Waals surface area contributed by atoms with E-state index in [1.807, 2.05) is 0 Å². The van der Waals surface area contributed by atoms with Crippen molar-refractivity contribution in [2.24, 2.45) is 0 Å². The lowest BCUT2D eigenvalue weighted by Crippen LogP contribution is -2.42. The van der Waals surface area contributed by atoms with Crippen LogP contribution in [0.15, 0.2) is 48.5 Å². The fourth-order valence-electron chi connectivity index (χ4n) is 4.44. The highest BCUT2D eigenvalue weighted by Crippen LogP contribution is 2.39. The fourth-order valence-corrected chi connectivity index (χ4v) is 4.44. The van der Waals surface area contributed by atoms with Gasteiger partial charge in [-0.2, -0.15) is 0 Å². The average molecular weight is 307 g/mol. The second-order valence-electron chi connectivity index (χ2n) is 6.82. The summed E-state index contributed by atoms with van der Waals surface area (Å²) in [5.41, 5.74) is 4.45. The van der Waals surface area contributed by atoms with E-state index < -0.39 is 0 Å². The Morgan fingerprint density at radius 3 is 2.35 bits per heavy atom. The Balaban J connectivity index is 1.62. The van der Waals surface area contributed by atoms with Crippen molar-refractivity contribution in [3.63, 3.8) is 0 Å². The third-order valence-electron chi connectivity index (χ3n) is 5.54. The maximum absolute atomic E-state index is 5.64. The Hall–Kier alpha value is -1.80. The zero-order valence-electron chi connectivity index (χ0n) is 13.9. The fraction of sp³-hybridized carbons (Fsp3) is 0.429. The summed E-state index contributed by atoms with van der Waals surface area (Å²) >= 11 is 0. The van der Waals surface area contributed by atoms with Crippen LogP contribution in [0.4, 0.5) is 0 Å². The van der Waals surface area contributed by atoms with Crippen LogP contribution in [-0.2, 0) is 12.8 Å². The molecule has 1 saturated heterocycles. The van der Waals surface area contributed by atoms with Gasteiger partial charge in [0.25, 0.3) is 0 Å². The summed E-state index contributed by atoms with van der Waals surface area (Å²) in [4.78, 5) is 2.75. The minimum atomic E-state index is 0.499. The summed E-state index contributed by atoms with van der Waals surface area (Å²) in [7, 11) is 1.79. The summed E-state index contributed by atoms with van der Waals surface area (Å²) < 4.78 is 5.64. The second-order valence-corrected chi connectivity index (χ2v) is 6.82. The Labute approximate surface area is 139 Å². The number of rotatable bonds is 3. The third kappa shape index (κ3) is 2.76. The van der Waals surface area contributed by atoms with Gasteiger partial charge in [0.1, 0.15) is 5.75 Å². The van der Waals surface area contributed by atoms with E-state index in [9.17, 15) is 0 Å². The number of likely N-dealkylation sites (tertiary alicyclic amines) is 1. The van der Waals surface area contributed by atoms with Gasteiger partial charge >= 0.3 is 0 Å². The van der Waals surface area contributed by atoms with Gasteiger partial charge in [0.15, 0.2) is 0 Å². The monoisotopic (exact) mass is 307 g/mol. The number of hydrogen-bond acceptors (Lipinski definition) is 2. The highest BCUT2D eigenvalue weighted by molar-refractivity contribution is 5.37. The van der Waals surface area contributed by atoms with Crippen molar-refractivity contribution in [1.82, 2.24) is 4.90 Å². The Morgan fingerprint density at radius 2 is 1.61 bits per heavy atom. The maximum atomic E-state index is 5.64. The number of nitrogens with zero attached hydrogens (tertiary/aromatic N) is 1. The standard InChI is InChI=1S/C21H25NO/c1-23-21-12-5-4-10-19(21)20-11-6-7-13-22(20)18-14-16-8-2-3-9-17(16)15-18/h2-5,8-10,12,18,20H,6-7,11,13-15H2,1H3. The van der Waals surface area contributed by atoms with Crippen LogP contribution in [0.1, 0.15) is 42.0 Å². The molecule has 0 radical (unpaired) electrons. The molecule has 23 heavy (non-hydrogen) atoms. The summed E-state index contributed by atoms with van der Waals surface area (Å²) in [5, 5.41) is 0. The molecular formula is C21H25NO. The molecule has 0 N–H and O–H groups in total. The van der Waals surface area contributed by atoms with Gasteiger partial charge in [-0.25, -0.2) is 0 Å². The summed E-state index contributed by atoms with van der Waals surface area (Å²) in [5.74, 6) is 1.04. The molecule has 1 atom stereocenters. The molecule has 2 aromatic rings. The largest absolute Gasteiger partial charge is 0.496 e. The molecule has 1 aliphatic carbocycles. The summed E-state index contributed by atoms with van der Waals surface area (Å²) in [6.45, 7) is 1.21. The molecule has 2 aromatic carbocycles. The van der Waals surface area contributed by atoms with Crippen molar-refractivity contribution >= 4 is 0 Å². The number of methoxy groups -OCH3 is 1. The van der Waals surface area contributed by atoms with Gasteiger partial charge in [0.2, 0.25) is 0 Å². The van der Waals surface area contributed by atoms with E-state index in [1.165, 1.54) is 44.2 Å². The lowest BCUT2D eigenvalue weighted by molar-refractivity contribution is 0.0968. The first-order valence-corrected chi connectivity index (χ1v) is 8.82. The summed E-state index contributed by atoms with van der Waals surface area (Å²) in [6, 6.07) is 18.7. The van der Waals surface area contributed by atoms with Crippen LogP contribution >= 0.6 is 0 Å². The van der Waals surface area contributed by atoms with Crippen LogP contribution in [0.25, 0.3) is 0 Å². The highest BCUT2D eigenvalue weighted by Gasteiger charge is 2.34. The maximum Gasteiger partial charge on any atom is 0.123 e. The average Bonchev–Trinajstić information content (AvgIpc) is 3.05. The van der Waals surface area contributed by atoms with Gasteiger partial charge in [0, 0.05) is 17.6 Å². The molecule has 4 rings (SSSR count). The number of fused-ring (bicyclic) bond motifs is 1. The second kappa shape index (κ2) is 6.37. The van der Waals surface area contributed by atoms with E-state index in [4.69, 9.17) is 4.74 Å². The van der Waals surface area contributed by atoms with Gasteiger partial charge in [-0.1, -0.05) is 48.9 Å². The normalized spacial score (nSPS) is 22.0. The van der Waals surface area contributed by atoms with Crippen molar-refractivity contribution in [1.29, 1.82) is 0 Å². The van der Waals surface area contributed by atoms with Crippen LogP contribution in [0, 0.1) is 0 Å². The molecule has 0 aromatic heterocycles. The SMILES string of the molecule is COc1ccccc1C1CCCCN1C1Cc2ccccc2C1. The number of piperidine rings is 1. The molecule has 1 heterocycles. The number of benzene rings is 2. The van der Waals surface area contributed by atoms with Gasteiger partial charge in [-0.15, -0.1) is 0 Å². The summed E-state index contributed by atoms with van der Waals surface area (Å²) in [6.07, 6.45) is 6.27. The Kier molecular flexibility index (Phi) is 4.09. The first-order valence-electron chi connectivity index (χ1n) is 8.82. The van der Waals surface area contributed by atoms with Gasteiger partial charge < -0.3 is 4.74 Å². The van der Waals surface area contributed by atoms with E-state index >= 15 is 0 Å². The van der Waals surface area contributed by atoms with Crippen LogP contribution in [0.3, 0.4) is 0 Å². The first kappa shape index (κ1) is 14.8. The molecule has 2 nitrogen and oxygen atoms in total. The van der Waals surface area contributed by atoms with Crippen LogP contribution in [0.2, 0.25) is 0 Å². The predicted molar refractivity (Wildman–Crippen MR) is 93.9 cm³/mol.